The van der Waals surface area contributed by atoms with Crippen LogP contribution in [0.25, 0.3) is 0 Å². The van der Waals surface area contributed by atoms with Crippen LogP contribution in [-0.2, 0) is 40.0 Å². The van der Waals surface area contributed by atoms with Gasteiger partial charge in [0, 0.05) is 38.9 Å². The summed E-state index contributed by atoms with van der Waals surface area (Å²) >= 11 is 0. The van der Waals surface area contributed by atoms with Gasteiger partial charge in [0.15, 0.2) is 11.8 Å². The Morgan fingerprint density at radius 1 is 1.08 bits per heavy atom. The van der Waals surface area contributed by atoms with E-state index in [1.54, 1.807) is 7.05 Å². The first kappa shape index (κ1) is 18.0. The van der Waals surface area contributed by atoms with E-state index in [1.807, 2.05) is 30.3 Å². The maximum Gasteiger partial charge on any atom is 0.191 e. The molecule has 0 saturated carbocycles. The van der Waals surface area contributed by atoms with Crippen LogP contribution in [0, 0.1) is 6.92 Å². The monoisotopic (exact) mass is 332 g/mol. The number of nitrogens with one attached hydrogen (secondary N) is 2. The SMILES string of the molecule is CCc1nn(C)c(CC)c1CNC(=NC)NCc1nnc(C)n1C. The minimum atomic E-state index is 0.575. The first-order valence-corrected chi connectivity index (χ1v) is 8.34. The highest BCUT2D eigenvalue weighted by Crippen LogP contribution is 2.15. The summed E-state index contributed by atoms with van der Waals surface area (Å²) in [6.45, 7) is 7.51. The lowest BCUT2D eigenvalue weighted by molar-refractivity contribution is 0.700. The number of aliphatic imine (C=N–C) groups is 1. The third-order valence-corrected chi connectivity index (χ3v) is 4.28. The van der Waals surface area contributed by atoms with Crippen LogP contribution in [0.4, 0.5) is 0 Å². The smallest absolute Gasteiger partial charge is 0.191 e. The quantitative estimate of drug-likeness (QED) is 0.605. The number of nitrogens with zero attached hydrogens (tertiary/aromatic N) is 6. The molecule has 0 aliphatic rings. The van der Waals surface area contributed by atoms with Crippen LogP contribution in [0.1, 0.15) is 42.4 Å². The van der Waals surface area contributed by atoms with Gasteiger partial charge in [0.05, 0.1) is 12.2 Å². The van der Waals surface area contributed by atoms with E-state index in [0.29, 0.717) is 13.1 Å². The van der Waals surface area contributed by atoms with Crippen molar-refractivity contribution in [2.75, 3.05) is 7.05 Å². The lowest BCUT2D eigenvalue weighted by Gasteiger charge is -2.12. The average Bonchev–Trinajstić information content (AvgIpc) is 3.07. The lowest BCUT2D eigenvalue weighted by Crippen LogP contribution is -2.37. The molecule has 2 N–H and O–H groups in total. The van der Waals surface area contributed by atoms with E-state index in [-0.39, 0.29) is 0 Å². The predicted molar refractivity (Wildman–Crippen MR) is 94.7 cm³/mol. The molecule has 0 aromatic carbocycles. The molecule has 2 rings (SSSR count). The topological polar surface area (TPSA) is 84.9 Å². The highest BCUT2D eigenvalue weighted by molar-refractivity contribution is 5.79. The Morgan fingerprint density at radius 3 is 2.33 bits per heavy atom. The van der Waals surface area contributed by atoms with Crippen LogP contribution >= 0.6 is 0 Å². The van der Waals surface area contributed by atoms with Crippen LogP contribution in [0.3, 0.4) is 0 Å². The molecule has 2 aromatic rings. The lowest BCUT2D eigenvalue weighted by atomic mass is 10.1. The van der Waals surface area contributed by atoms with Gasteiger partial charge in [-0.05, 0) is 19.8 Å². The molecule has 2 heterocycles. The van der Waals surface area contributed by atoms with Crippen LogP contribution in [0.2, 0.25) is 0 Å². The zero-order valence-electron chi connectivity index (χ0n) is 15.5. The van der Waals surface area contributed by atoms with Gasteiger partial charge in [0.1, 0.15) is 5.82 Å². The normalized spacial score (nSPS) is 11.8. The Bertz CT molecular complexity index is 710. The number of guanidine groups is 1. The van der Waals surface area contributed by atoms with Gasteiger partial charge in [-0.15, -0.1) is 10.2 Å². The third kappa shape index (κ3) is 3.74. The first-order chi connectivity index (χ1) is 11.5. The largest absolute Gasteiger partial charge is 0.352 e. The fourth-order valence-corrected chi connectivity index (χ4v) is 2.75. The minimum Gasteiger partial charge on any atom is -0.352 e. The number of aromatic nitrogens is 5. The molecule has 0 saturated heterocycles. The van der Waals surface area contributed by atoms with Gasteiger partial charge < -0.3 is 15.2 Å². The zero-order valence-corrected chi connectivity index (χ0v) is 15.5. The molecular weight excluding hydrogens is 304 g/mol. The summed E-state index contributed by atoms with van der Waals surface area (Å²) in [6.07, 6.45) is 1.89. The molecule has 0 unspecified atom stereocenters. The second-order valence-electron chi connectivity index (χ2n) is 5.70. The molecule has 0 bridgehead atoms. The van der Waals surface area contributed by atoms with E-state index in [2.05, 4.69) is 44.8 Å². The molecule has 0 radical (unpaired) electrons. The van der Waals surface area contributed by atoms with Crippen molar-refractivity contribution in [3.05, 3.63) is 28.6 Å². The summed E-state index contributed by atoms with van der Waals surface area (Å²) in [5.74, 6) is 2.51. The Kier molecular flexibility index (Phi) is 5.94. The van der Waals surface area contributed by atoms with E-state index >= 15 is 0 Å². The van der Waals surface area contributed by atoms with Crippen LogP contribution in [0.5, 0.6) is 0 Å². The Hall–Kier alpha value is -2.38. The summed E-state index contributed by atoms with van der Waals surface area (Å²) in [4.78, 5) is 4.28. The molecule has 2 aromatic heterocycles. The van der Waals surface area contributed by atoms with Gasteiger partial charge in [-0.1, -0.05) is 13.8 Å². The fourth-order valence-electron chi connectivity index (χ4n) is 2.75. The van der Waals surface area contributed by atoms with Gasteiger partial charge in [0.2, 0.25) is 0 Å². The van der Waals surface area contributed by atoms with Crippen molar-refractivity contribution in [2.45, 2.75) is 46.7 Å². The van der Waals surface area contributed by atoms with E-state index < -0.39 is 0 Å². The van der Waals surface area contributed by atoms with E-state index in [0.717, 1.165) is 36.1 Å². The molecule has 0 spiro atoms. The summed E-state index contributed by atoms with van der Waals surface area (Å²) in [5, 5.41) is 19.5. The second-order valence-corrected chi connectivity index (χ2v) is 5.70. The van der Waals surface area contributed by atoms with Crippen molar-refractivity contribution >= 4 is 5.96 Å². The predicted octanol–water partition coefficient (Wildman–Crippen LogP) is 0.847. The van der Waals surface area contributed by atoms with Crippen molar-refractivity contribution in [3.63, 3.8) is 0 Å². The van der Waals surface area contributed by atoms with E-state index in [9.17, 15) is 0 Å². The summed E-state index contributed by atoms with van der Waals surface area (Å²) in [7, 11) is 5.73. The highest BCUT2D eigenvalue weighted by atomic mass is 15.3. The Balaban J connectivity index is 2.01. The Morgan fingerprint density at radius 2 is 1.79 bits per heavy atom. The molecule has 0 fully saturated rings. The van der Waals surface area contributed by atoms with Gasteiger partial charge in [0.25, 0.3) is 0 Å². The molecule has 0 atom stereocenters. The van der Waals surface area contributed by atoms with E-state index in [1.165, 1.54) is 11.3 Å². The molecule has 0 aliphatic carbocycles. The average molecular weight is 332 g/mol. The van der Waals surface area contributed by atoms with Crippen molar-refractivity contribution in [3.8, 4) is 0 Å². The number of rotatable bonds is 6. The summed E-state index contributed by atoms with van der Waals surface area (Å²) < 4.78 is 3.94. The maximum atomic E-state index is 4.61. The number of aryl methyl sites for hydroxylation is 3. The van der Waals surface area contributed by atoms with Gasteiger partial charge >= 0.3 is 0 Å². The molecule has 8 nitrogen and oxygen atoms in total. The number of hydrogen-bond donors (Lipinski definition) is 2. The van der Waals surface area contributed by atoms with Gasteiger partial charge in [-0.3, -0.25) is 9.67 Å². The van der Waals surface area contributed by atoms with Gasteiger partial charge in [-0.25, -0.2) is 0 Å². The molecular formula is C16H28N8. The zero-order chi connectivity index (χ0) is 17.7. The first-order valence-electron chi connectivity index (χ1n) is 8.34. The third-order valence-electron chi connectivity index (χ3n) is 4.28. The second kappa shape index (κ2) is 7.94. The van der Waals surface area contributed by atoms with Crippen molar-refractivity contribution in [1.29, 1.82) is 0 Å². The van der Waals surface area contributed by atoms with Crippen molar-refractivity contribution in [1.82, 2.24) is 35.2 Å². The Labute approximate surface area is 143 Å². The highest BCUT2D eigenvalue weighted by Gasteiger charge is 2.14. The molecule has 0 amide bonds. The van der Waals surface area contributed by atoms with E-state index in [4.69, 9.17) is 0 Å². The van der Waals surface area contributed by atoms with Crippen LogP contribution in [-0.4, -0.2) is 37.6 Å². The minimum absolute atomic E-state index is 0.575. The molecule has 8 heteroatoms. The molecule has 0 aliphatic heterocycles. The summed E-state index contributed by atoms with van der Waals surface area (Å²) in [5.41, 5.74) is 3.67. The number of hydrogen-bond acceptors (Lipinski definition) is 4. The van der Waals surface area contributed by atoms with Crippen molar-refractivity contribution in [2.24, 2.45) is 19.1 Å². The van der Waals surface area contributed by atoms with Crippen molar-refractivity contribution < 1.29 is 0 Å². The standard InChI is InChI=1S/C16H28N8/c1-7-13-12(14(8-2)24(6)22-13)9-18-16(17-4)19-10-15-21-20-11(3)23(15)5/h7-10H2,1-6H3,(H2,17,18,19). The van der Waals surface area contributed by atoms with Crippen LogP contribution in [0.15, 0.2) is 4.99 Å². The molecule has 132 valence electrons. The maximum absolute atomic E-state index is 4.61. The fraction of sp³-hybridized carbons (Fsp3) is 0.625. The van der Waals surface area contributed by atoms with Gasteiger partial charge in [-0.2, -0.15) is 5.10 Å². The molecule has 24 heavy (non-hydrogen) atoms. The van der Waals surface area contributed by atoms with Crippen LogP contribution < -0.4 is 10.6 Å². The summed E-state index contributed by atoms with van der Waals surface area (Å²) in [6, 6.07) is 0.